The SMILES string of the molecule is [B]C1[B]C1([B])/C=C/CC(C(=O)O)N(CCN(CCN(CC(=O)O)CC(=O)O)CC(=O)O)CC(=O)O. The first-order valence-electron chi connectivity index (χ1n) is 10.6. The van der Waals surface area contributed by atoms with E-state index in [1.54, 1.807) is 13.4 Å². The maximum Gasteiger partial charge on any atom is 0.321 e. The molecular formula is C19H27B3N3O10. The van der Waals surface area contributed by atoms with Gasteiger partial charge >= 0.3 is 29.8 Å². The van der Waals surface area contributed by atoms with Crippen LogP contribution in [0.4, 0.5) is 0 Å². The lowest BCUT2D eigenvalue weighted by atomic mass is 9.70. The van der Waals surface area contributed by atoms with Gasteiger partial charge in [0.05, 0.1) is 41.9 Å². The minimum Gasteiger partial charge on any atom is -0.480 e. The minimum atomic E-state index is -1.29. The average molecular weight is 490 g/mol. The fraction of sp³-hybridized carbons (Fsp3) is 0.632. The largest absolute Gasteiger partial charge is 0.480 e. The van der Waals surface area contributed by atoms with E-state index in [9.17, 15) is 39.3 Å². The standard InChI is InChI=1S/C19H27B3N3O10/c20-18-19(21,22-18)3-1-2-12(17(34)35)25(11-16(32)33)7-6-23(8-13(26)27)4-5-24(9-14(28)29)10-15(30)31/h1,3,12,18H,2,4-11H2,(H,26,27)(H,28,29)(H,30,31)(H,32,33)(H,34,35)/b3-1+. The number of carbonyl (C=O) groups is 5. The summed E-state index contributed by atoms with van der Waals surface area (Å²) in [6.45, 7) is -2.63. The summed E-state index contributed by atoms with van der Waals surface area (Å²) in [5.74, 6) is -6.31. The van der Waals surface area contributed by atoms with E-state index < -0.39 is 67.3 Å². The predicted molar refractivity (Wildman–Crippen MR) is 124 cm³/mol. The zero-order chi connectivity index (χ0) is 26.8. The van der Waals surface area contributed by atoms with Crippen molar-refractivity contribution >= 4 is 52.8 Å². The van der Waals surface area contributed by atoms with Crippen molar-refractivity contribution < 1.29 is 49.5 Å². The van der Waals surface area contributed by atoms with Gasteiger partial charge in [-0.3, -0.25) is 38.7 Å². The Morgan fingerprint density at radius 1 is 0.800 bits per heavy atom. The summed E-state index contributed by atoms with van der Waals surface area (Å²) in [4.78, 5) is 60.0. The van der Waals surface area contributed by atoms with Crippen molar-refractivity contribution in [3.8, 4) is 0 Å². The number of rotatable bonds is 19. The van der Waals surface area contributed by atoms with Crippen molar-refractivity contribution in [2.24, 2.45) is 0 Å². The van der Waals surface area contributed by atoms with E-state index in [2.05, 4.69) is 0 Å². The average Bonchev–Trinajstić information content (AvgIpc) is 3.30. The number of aliphatic carboxylic acids is 5. The number of allylic oxidation sites excluding steroid dienone is 1. The van der Waals surface area contributed by atoms with Crippen LogP contribution in [0.1, 0.15) is 6.42 Å². The van der Waals surface area contributed by atoms with Crippen LogP contribution in [0.25, 0.3) is 0 Å². The molecule has 0 bridgehead atoms. The molecular weight excluding hydrogens is 463 g/mol. The Balaban J connectivity index is 2.88. The molecule has 3 unspecified atom stereocenters. The normalized spacial score (nSPS) is 20.1. The van der Waals surface area contributed by atoms with Gasteiger partial charge in [0.15, 0.2) is 0 Å². The van der Waals surface area contributed by atoms with Crippen LogP contribution < -0.4 is 0 Å². The predicted octanol–water partition coefficient (Wildman–Crippen LogP) is -2.45. The second kappa shape index (κ2) is 13.9. The van der Waals surface area contributed by atoms with Crippen LogP contribution in [-0.4, -0.2) is 151 Å². The molecule has 0 amide bonds. The summed E-state index contributed by atoms with van der Waals surface area (Å²) in [6, 6.07) is -1.25. The lowest BCUT2D eigenvalue weighted by Gasteiger charge is -2.30. The molecule has 187 valence electrons. The van der Waals surface area contributed by atoms with Gasteiger partial charge in [-0.1, -0.05) is 17.4 Å². The molecule has 5 N–H and O–H groups in total. The van der Waals surface area contributed by atoms with Crippen LogP contribution in [0.15, 0.2) is 12.2 Å². The zero-order valence-corrected chi connectivity index (χ0v) is 19.0. The Labute approximate surface area is 205 Å². The van der Waals surface area contributed by atoms with Crippen molar-refractivity contribution in [1.82, 2.24) is 14.7 Å². The van der Waals surface area contributed by atoms with Crippen LogP contribution >= 0.6 is 0 Å². The van der Waals surface area contributed by atoms with Gasteiger partial charge in [0.1, 0.15) is 13.3 Å². The molecule has 1 heterocycles. The second-order valence-corrected chi connectivity index (χ2v) is 8.22. The van der Waals surface area contributed by atoms with Crippen molar-refractivity contribution in [3.05, 3.63) is 12.2 Å². The third-order valence-electron chi connectivity index (χ3n) is 5.28. The first-order chi connectivity index (χ1) is 16.2. The van der Waals surface area contributed by atoms with E-state index in [0.717, 1.165) is 9.80 Å². The molecule has 1 aliphatic heterocycles. The van der Waals surface area contributed by atoms with Gasteiger partial charge in [0, 0.05) is 26.2 Å². The Morgan fingerprint density at radius 3 is 1.66 bits per heavy atom. The van der Waals surface area contributed by atoms with Crippen LogP contribution in [0, 0.1) is 0 Å². The van der Waals surface area contributed by atoms with E-state index in [1.165, 1.54) is 11.0 Å². The minimum absolute atomic E-state index is 0.0468. The van der Waals surface area contributed by atoms with Crippen molar-refractivity contribution in [1.29, 1.82) is 0 Å². The summed E-state index contributed by atoms with van der Waals surface area (Å²) >= 11 is 0. The van der Waals surface area contributed by atoms with Gasteiger partial charge in [-0.05, 0) is 6.42 Å². The molecule has 0 aliphatic carbocycles. The number of carboxylic acids is 5. The third kappa shape index (κ3) is 11.9. The van der Waals surface area contributed by atoms with Gasteiger partial charge in [-0.25, -0.2) is 0 Å². The molecule has 1 saturated heterocycles. The van der Waals surface area contributed by atoms with Gasteiger partial charge in [0.2, 0.25) is 0 Å². The summed E-state index contributed by atoms with van der Waals surface area (Å²) in [5.41, 5.74) is -0.358. The molecule has 16 heteroatoms. The van der Waals surface area contributed by atoms with Gasteiger partial charge < -0.3 is 25.5 Å². The molecule has 1 aliphatic rings. The lowest BCUT2D eigenvalue weighted by molar-refractivity contribution is -0.147. The summed E-state index contributed by atoms with van der Waals surface area (Å²) in [5, 5.41) is 45.1. The van der Waals surface area contributed by atoms with E-state index in [-0.39, 0.29) is 38.3 Å². The Bertz CT molecular complexity index is 814. The van der Waals surface area contributed by atoms with Crippen molar-refractivity contribution in [2.75, 3.05) is 52.4 Å². The fourth-order valence-electron chi connectivity index (χ4n) is 3.37. The monoisotopic (exact) mass is 490 g/mol. The van der Waals surface area contributed by atoms with Gasteiger partial charge in [-0.2, -0.15) is 0 Å². The molecule has 0 saturated carbocycles. The summed E-state index contributed by atoms with van der Waals surface area (Å²) in [6.07, 6.45) is 2.97. The third-order valence-corrected chi connectivity index (χ3v) is 5.28. The highest BCUT2D eigenvalue weighted by molar-refractivity contribution is 6.78. The van der Waals surface area contributed by atoms with Crippen LogP contribution in [0.3, 0.4) is 0 Å². The second-order valence-electron chi connectivity index (χ2n) is 8.22. The maximum absolute atomic E-state index is 11.8. The Kier molecular flexibility index (Phi) is 12.0. The lowest BCUT2D eigenvalue weighted by Crippen LogP contribution is -2.49. The van der Waals surface area contributed by atoms with E-state index in [4.69, 9.17) is 25.9 Å². The Hall–Kier alpha value is -2.84. The highest BCUT2D eigenvalue weighted by Crippen LogP contribution is 2.52. The summed E-state index contributed by atoms with van der Waals surface area (Å²) < 4.78 is 0. The van der Waals surface area contributed by atoms with Gasteiger partial charge in [0.25, 0.3) is 0 Å². The molecule has 1 rings (SSSR count). The Morgan fingerprint density at radius 2 is 1.23 bits per heavy atom. The number of hydrogen-bond acceptors (Lipinski definition) is 8. The van der Waals surface area contributed by atoms with Gasteiger partial charge in [-0.15, -0.1) is 5.72 Å². The number of hydrogen-bond donors (Lipinski definition) is 5. The summed E-state index contributed by atoms with van der Waals surface area (Å²) in [7, 11) is 13.2. The molecule has 0 aromatic rings. The van der Waals surface area contributed by atoms with Crippen LogP contribution in [0.5, 0.6) is 0 Å². The molecule has 35 heavy (non-hydrogen) atoms. The molecule has 5 radical (unpaired) electrons. The van der Waals surface area contributed by atoms with E-state index in [1.807, 2.05) is 0 Å². The fourth-order valence-corrected chi connectivity index (χ4v) is 3.37. The van der Waals surface area contributed by atoms with Crippen molar-refractivity contribution in [2.45, 2.75) is 23.4 Å². The highest BCUT2D eigenvalue weighted by Gasteiger charge is 2.43. The van der Waals surface area contributed by atoms with Crippen LogP contribution in [0.2, 0.25) is 10.9 Å². The molecule has 13 nitrogen and oxygen atoms in total. The molecule has 0 spiro atoms. The molecule has 3 atom stereocenters. The first kappa shape index (κ1) is 30.2. The molecule has 0 aromatic carbocycles. The topological polar surface area (TPSA) is 196 Å². The maximum atomic E-state index is 11.8. The van der Waals surface area contributed by atoms with E-state index >= 15 is 0 Å². The molecule has 0 aromatic heterocycles. The highest BCUT2D eigenvalue weighted by atomic mass is 16.4. The first-order valence-corrected chi connectivity index (χ1v) is 10.6. The van der Waals surface area contributed by atoms with E-state index in [0.29, 0.717) is 0 Å². The quantitative estimate of drug-likeness (QED) is 0.0947. The number of carboxylic acid groups (broad SMARTS) is 5. The van der Waals surface area contributed by atoms with Crippen molar-refractivity contribution in [3.63, 3.8) is 0 Å². The molecule has 1 fully saturated rings. The smallest absolute Gasteiger partial charge is 0.321 e. The van der Waals surface area contributed by atoms with Crippen LogP contribution in [-0.2, 0) is 24.0 Å². The number of nitrogens with zero attached hydrogens (tertiary/aromatic N) is 3. The zero-order valence-electron chi connectivity index (χ0n) is 19.0.